The quantitative estimate of drug-likeness (QED) is 0.381. The van der Waals surface area contributed by atoms with E-state index in [0.29, 0.717) is 10.7 Å². The van der Waals surface area contributed by atoms with Crippen molar-refractivity contribution in [2.75, 3.05) is 17.1 Å². The fourth-order valence-electron chi connectivity index (χ4n) is 3.08. The Morgan fingerprint density at radius 1 is 1.00 bits per heavy atom. The Kier molecular flexibility index (Phi) is 6.43. The summed E-state index contributed by atoms with van der Waals surface area (Å²) in [6, 6.07) is 20.7. The third-order valence-electron chi connectivity index (χ3n) is 4.83. The number of aryl methyl sites for hydroxylation is 1. The van der Waals surface area contributed by atoms with Gasteiger partial charge >= 0.3 is 0 Å². The van der Waals surface area contributed by atoms with Crippen molar-refractivity contribution >= 4 is 38.1 Å². The number of carbonyl (C=O) groups is 1. The average molecular weight is 480 g/mol. The van der Waals surface area contributed by atoms with Gasteiger partial charge in [0.2, 0.25) is 0 Å². The molecule has 4 aromatic rings. The van der Waals surface area contributed by atoms with E-state index in [1.54, 1.807) is 12.1 Å². The molecular formula is C24H21N3O4S2. The Balaban J connectivity index is 1.51. The molecule has 7 nitrogen and oxygen atoms in total. The van der Waals surface area contributed by atoms with Gasteiger partial charge in [0.1, 0.15) is 5.75 Å². The SMILES string of the molecule is COc1cc(C(=O)Nc2nc(-c3ccccc3)cs2)ccc1NS(=O)(=O)c1ccc(C)cc1. The van der Waals surface area contributed by atoms with Gasteiger partial charge in [-0.3, -0.25) is 14.8 Å². The first-order valence-corrected chi connectivity index (χ1v) is 12.3. The van der Waals surface area contributed by atoms with Crippen LogP contribution in [0.3, 0.4) is 0 Å². The standard InChI is InChI=1S/C24H21N3O4S2/c1-16-8-11-19(12-9-16)33(29,30)27-20-13-10-18(14-22(20)31-2)23(28)26-24-25-21(15-32-24)17-6-4-3-5-7-17/h3-15,27H,1-2H3,(H,25,26,28). The summed E-state index contributed by atoms with van der Waals surface area (Å²) in [5, 5.41) is 5.10. The zero-order chi connectivity index (χ0) is 23.4. The number of sulfonamides is 1. The van der Waals surface area contributed by atoms with Crippen molar-refractivity contribution in [3.8, 4) is 17.0 Å². The number of ether oxygens (including phenoxy) is 1. The molecular weight excluding hydrogens is 458 g/mol. The highest BCUT2D eigenvalue weighted by molar-refractivity contribution is 7.92. The molecule has 0 atom stereocenters. The minimum absolute atomic E-state index is 0.134. The lowest BCUT2D eigenvalue weighted by Gasteiger charge is -2.13. The van der Waals surface area contributed by atoms with Crippen LogP contribution in [-0.4, -0.2) is 26.4 Å². The van der Waals surface area contributed by atoms with E-state index in [-0.39, 0.29) is 22.2 Å². The van der Waals surface area contributed by atoms with Crippen molar-refractivity contribution in [2.24, 2.45) is 0 Å². The lowest BCUT2D eigenvalue weighted by molar-refractivity contribution is 0.102. The Morgan fingerprint density at radius 3 is 2.42 bits per heavy atom. The summed E-state index contributed by atoms with van der Waals surface area (Å²) >= 11 is 1.32. The number of methoxy groups -OCH3 is 1. The van der Waals surface area contributed by atoms with E-state index in [9.17, 15) is 13.2 Å². The molecule has 168 valence electrons. The van der Waals surface area contributed by atoms with Gasteiger partial charge in [-0.15, -0.1) is 11.3 Å². The highest BCUT2D eigenvalue weighted by Crippen LogP contribution is 2.29. The lowest BCUT2D eigenvalue weighted by Crippen LogP contribution is -2.15. The molecule has 33 heavy (non-hydrogen) atoms. The van der Waals surface area contributed by atoms with Crippen LogP contribution in [0.25, 0.3) is 11.3 Å². The third-order valence-corrected chi connectivity index (χ3v) is 6.97. The van der Waals surface area contributed by atoms with Gasteiger partial charge in [0.25, 0.3) is 15.9 Å². The summed E-state index contributed by atoms with van der Waals surface area (Å²) < 4.78 is 33.3. The van der Waals surface area contributed by atoms with Crippen LogP contribution in [0.5, 0.6) is 5.75 Å². The Hall–Kier alpha value is -3.69. The van der Waals surface area contributed by atoms with E-state index >= 15 is 0 Å². The molecule has 0 aliphatic rings. The summed E-state index contributed by atoms with van der Waals surface area (Å²) in [6.45, 7) is 1.88. The minimum atomic E-state index is -3.81. The minimum Gasteiger partial charge on any atom is -0.495 e. The molecule has 0 saturated heterocycles. The molecule has 1 amide bonds. The van der Waals surface area contributed by atoms with Crippen molar-refractivity contribution in [3.05, 3.63) is 89.3 Å². The molecule has 0 bridgehead atoms. The molecule has 1 aromatic heterocycles. The average Bonchev–Trinajstić information content (AvgIpc) is 3.28. The second-order valence-electron chi connectivity index (χ2n) is 7.19. The van der Waals surface area contributed by atoms with Gasteiger partial charge in [-0.05, 0) is 37.3 Å². The number of aromatic nitrogens is 1. The molecule has 0 aliphatic heterocycles. The summed E-state index contributed by atoms with van der Waals surface area (Å²) in [5.74, 6) is -0.155. The van der Waals surface area contributed by atoms with Gasteiger partial charge in [0, 0.05) is 16.5 Å². The number of carbonyl (C=O) groups excluding carboxylic acids is 1. The maximum absolute atomic E-state index is 12.7. The normalized spacial score (nSPS) is 11.1. The van der Waals surface area contributed by atoms with Gasteiger partial charge < -0.3 is 4.74 Å². The molecule has 0 saturated carbocycles. The first-order chi connectivity index (χ1) is 15.9. The number of hydrogen-bond donors (Lipinski definition) is 2. The molecule has 3 aromatic carbocycles. The summed E-state index contributed by atoms with van der Waals surface area (Å²) in [4.78, 5) is 17.3. The van der Waals surface area contributed by atoms with Crippen molar-refractivity contribution in [1.82, 2.24) is 4.98 Å². The number of amides is 1. The lowest BCUT2D eigenvalue weighted by atomic mass is 10.2. The van der Waals surface area contributed by atoms with Crippen molar-refractivity contribution in [2.45, 2.75) is 11.8 Å². The summed E-state index contributed by atoms with van der Waals surface area (Å²) in [7, 11) is -2.40. The monoisotopic (exact) mass is 479 g/mol. The van der Waals surface area contributed by atoms with Gasteiger partial charge in [-0.25, -0.2) is 13.4 Å². The molecule has 0 aliphatic carbocycles. The number of thiazole rings is 1. The van der Waals surface area contributed by atoms with Crippen LogP contribution in [-0.2, 0) is 10.0 Å². The number of anilines is 2. The third kappa shape index (κ3) is 5.21. The number of nitrogens with zero attached hydrogens (tertiary/aromatic N) is 1. The van der Waals surface area contributed by atoms with E-state index in [1.165, 1.54) is 48.8 Å². The van der Waals surface area contributed by atoms with Gasteiger partial charge in [0.05, 0.1) is 23.4 Å². The maximum Gasteiger partial charge on any atom is 0.262 e. The van der Waals surface area contributed by atoms with E-state index < -0.39 is 10.0 Å². The molecule has 0 unspecified atom stereocenters. The highest BCUT2D eigenvalue weighted by atomic mass is 32.2. The highest BCUT2D eigenvalue weighted by Gasteiger charge is 2.18. The second-order valence-corrected chi connectivity index (χ2v) is 9.73. The predicted molar refractivity (Wildman–Crippen MR) is 130 cm³/mol. The molecule has 0 spiro atoms. The first kappa shape index (κ1) is 22.5. The summed E-state index contributed by atoms with van der Waals surface area (Å²) in [5.41, 5.74) is 3.23. The Bertz CT molecular complexity index is 1380. The fraction of sp³-hybridized carbons (Fsp3) is 0.0833. The molecule has 9 heteroatoms. The van der Waals surface area contributed by atoms with Gasteiger partial charge in [-0.2, -0.15) is 0 Å². The van der Waals surface area contributed by atoms with Gasteiger partial charge in [0.15, 0.2) is 5.13 Å². The van der Waals surface area contributed by atoms with Crippen LogP contribution in [0.4, 0.5) is 10.8 Å². The molecule has 1 heterocycles. The molecule has 4 rings (SSSR count). The fourth-order valence-corrected chi connectivity index (χ4v) is 4.86. The first-order valence-electron chi connectivity index (χ1n) is 9.95. The number of hydrogen-bond acceptors (Lipinski definition) is 6. The number of nitrogens with one attached hydrogen (secondary N) is 2. The number of benzene rings is 3. The Labute approximate surface area is 196 Å². The van der Waals surface area contributed by atoms with Crippen LogP contribution in [0.2, 0.25) is 0 Å². The van der Waals surface area contributed by atoms with Crippen LogP contribution in [0.1, 0.15) is 15.9 Å². The van der Waals surface area contributed by atoms with E-state index in [2.05, 4.69) is 15.0 Å². The van der Waals surface area contributed by atoms with Crippen LogP contribution in [0, 0.1) is 6.92 Å². The zero-order valence-electron chi connectivity index (χ0n) is 17.9. The summed E-state index contributed by atoms with van der Waals surface area (Å²) in [6.07, 6.45) is 0. The van der Waals surface area contributed by atoms with E-state index in [0.717, 1.165) is 16.8 Å². The molecule has 2 N–H and O–H groups in total. The van der Waals surface area contributed by atoms with Crippen LogP contribution in [0.15, 0.2) is 83.1 Å². The topological polar surface area (TPSA) is 97.4 Å². The van der Waals surface area contributed by atoms with Crippen molar-refractivity contribution < 1.29 is 17.9 Å². The Morgan fingerprint density at radius 2 is 1.73 bits per heavy atom. The van der Waals surface area contributed by atoms with Crippen LogP contribution < -0.4 is 14.8 Å². The van der Waals surface area contributed by atoms with E-state index in [1.807, 2.05) is 42.6 Å². The van der Waals surface area contributed by atoms with E-state index in [4.69, 9.17) is 4.74 Å². The van der Waals surface area contributed by atoms with Gasteiger partial charge in [-0.1, -0.05) is 48.0 Å². The second kappa shape index (κ2) is 9.43. The smallest absolute Gasteiger partial charge is 0.262 e. The molecule has 0 fully saturated rings. The largest absolute Gasteiger partial charge is 0.495 e. The van der Waals surface area contributed by atoms with Crippen molar-refractivity contribution in [3.63, 3.8) is 0 Å². The van der Waals surface area contributed by atoms with Crippen LogP contribution >= 0.6 is 11.3 Å². The molecule has 0 radical (unpaired) electrons. The van der Waals surface area contributed by atoms with Crippen molar-refractivity contribution in [1.29, 1.82) is 0 Å². The maximum atomic E-state index is 12.7. The predicted octanol–water partition coefficient (Wildman–Crippen LogP) is 5.18. The zero-order valence-corrected chi connectivity index (χ0v) is 19.5. The number of rotatable bonds is 7.